The molecule has 0 aliphatic carbocycles. The smallest absolute Gasteiger partial charge is 0.271 e. The number of thiophene rings is 1. The highest BCUT2D eigenvalue weighted by Crippen LogP contribution is 2.20. The van der Waals surface area contributed by atoms with E-state index in [1.54, 1.807) is 11.6 Å². The van der Waals surface area contributed by atoms with Gasteiger partial charge in [0.25, 0.3) is 5.56 Å². The van der Waals surface area contributed by atoms with Crippen LogP contribution in [0.2, 0.25) is 0 Å². The Kier molecular flexibility index (Phi) is 3.82. The van der Waals surface area contributed by atoms with E-state index < -0.39 is 0 Å². The van der Waals surface area contributed by atoms with E-state index in [1.807, 2.05) is 11.4 Å². The Morgan fingerprint density at radius 2 is 2.47 bits per heavy atom. The van der Waals surface area contributed by atoms with Crippen LogP contribution in [0.15, 0.2) is 21.4 Å². The lowest BCUT2D eigenvalue weighted by atomic mass is 10.4. The molecule has 2 aromatic rings. The van der Waals surface area contributed by atoms with Gasteiger partial charge in [-0.3, -0.25) is 9.36 Å². The minimum absolute atomic E-state index is 0.00721. The number of unbranched alkanes of at least 4 members (excludes halogenated alkanes) is 1. The van der Waals surface area contributed by atoms with Crippen molar-refractivity contribution in [2.75, 3.05) is 5.75 Å². The summed E-state index contributed by atoms with van der Waals surface area (Å²) in [7, 11) is 1.74. The monoisotopic (exact) mass is 265 g/mol. The van der Waals surface area contributed by atoms with Crippen molar-refractivity contribution in [1.29, 1.82) is 5.26 Å². The predicted octanol–water partition coefficient (Wildman–Crippen LogP) is 2.39. The van der Waals surface area contributed by atoms with E-state index in [2.05, 4.69) is 11.1 Å². The zero-order valence-corrected chi connectivity index (χ0v) is 11.0. The molecule has 0 N–H and O–H groups in total. The molecule has 0 unspecified atom stereocenters. The van der Waals surface area contributed by atoms with Gasteiger partial charge in [0.15, 0.2) is 5.16 Å². The van der Waals surface area contributed by atoms with Crippen LogP contribution in [0.5, 0.6) is 0 Å². The Bertz CT molecular complexity index is 624. The van der Waals surface area contributed by atoms with Crippen LogP contribution >= 0.6 is 23.1 Å². The molecule has 2 aromatic heterocycles. The van der Waals surface area contributed by atoms with Crippen LogP contribution in [-0.4, -0.2) is 15.3 Å². The number of aromatic nitrogens is 2. The van der Waals surface area contributed by atoms with Gasteiger partial charge in [-0.2, -0.15) is 5.26 Å². The quantitative estimate of drug-likeness (QED) is 0.484. The summed E-state index contributed by atoms with van der Waals surface area (Å²) >= 11 is 2.95. The summed E-state index contributed by atoms with van der Waals surface area (Å²) in [6.45, 7) is 0. The first-order chi connectivity index (χ1) is 8.24. The molecule has 0 atom stereocenters. The highest BCUT2D eigenvalue weighted by Gasteiger charge is 2.09. The lowest BCUT2D eigenvalue weighted by Gasteiger charge is -2.05. The van der Waals surface area contributed by atoms with E-state index in [1.165, 1.54) is 23.1 Å². The summed E-state index contributed by atoms with van der Waals surface area (Å²) in [5, 5.41) is 11.0. The van der Waals surface area contributed by atoms with Crippen LogP contribution < -0.4 is 5.56 Å². The van der Waals surface area contributed by atoms with Crippen molar-refractivity contribution in [3.8, 4) is 6.07 Å². The Hall–Kier alpha value is -1.32. The van der Waals surface area contributed by atoms with Crippen LogP contribution in [0.4, 0.5) is 0 Å². The summed E-state index contributed by atoms with van der Waals surface area (Å²) < 4.78 is 2.28. The van der Waals surface area contributed by atoms with E-state index >= 15 is 0 Å². The number of hydrogen-bond donors (Lipinski definition) is 0. The van der Waals surface area contributed by atoms with Crippen LogP contribution in [-0.2, 0) is 7.05 Å². The molecule has 0 saturated carbocycles. The number of nitrogens with zero attached hydrogens (tertiary/aromatic N) is 3. The Morgan fingerprint density at radius 3 is 3.24 bits per heavy atom. The van der Waals surface area contributed by atoms with Gasteiger partial charge in [-0.25, -0.2) is 4.98 Å². The number of hydrogen-bond acceptors (Lipinski definition) is 5. The van der Waals surface area contributed by atoms with Crippen molar-refractivity contribution >= 4 is 33.3 Å². The predicted molar refractivity (Wildman–Crippen MR) is 70.4 cm³/mol. The summed E-state index contributed by atoms with van der Waals surface area (Å²) in [6, 6.07) is 3.97. The van der Waals surface area contributed by atoms with Crippen LogP contribution in [0.3, 0.4) is 0 Å². The molecule has 0 spiro atoms. The molecule has 2 rings (SSSR count). The number of fused-ring (bicyclic) bond motifs is 1. The molecule has 0 aliphatic rings. The number of rotatable bonds is 4. The van der Waals surface area contributed by atoms with Crippen molar-refractivity contribution in [2.24, 2.45) is 7.05 Å². The van der Waals surface area contributed by atoms with E-state index in [0.29, 0.717) is 11.1 Å². The molecule has 0 amide bonds. The Labute approximate surface area is 107 Å². The van der Waals surface area contributed by atoms with Gasteiger partial charge in [0.1, 0.15) is 4.70 Å². The summed E-state index contributed by atoms with van der Waals surface area (Å²) in [5.74, 6) is 0.809. The molecule has 0 radical (unpaired) electrons. The second kappa shape index (κ2) is 5.34. The molecule has 0 saturated heterocycles. The lowest BCUT2D eigenvalue weighted by molar-refractivity contribution is 0.727. The van der Waals surface area contributed by atoms with Gasteiger partial charge in [0.2, 0.25) is 0 Å². The lowest BCUT2D eigenvalue weighted by Crippen LogP contribution is -2.18. The molecular weight excluding hydrogens is 254 g/mol. The van der Waals surface area contributed by atoms with Gasteiger partial charge in [-0.1, -0.05) is 11.8 Å². The van der Waals surface area contributed by atoms with Gasteiger partial charge in [0.05, 0.1) is 11.6 Å². The third kappa shape index (κ3) is 2.51. The zero-order valence-electron chi connectivity index (χ0n) is 9.34. The largest absolute Gasteiger partial charge is 0.290 e. The molecule has 0 aliphatic heterocycles. The molecular formula is C11H11N3OS2. The Morgan fingerprint density at radius 1 is 1.65 bits per heavy atom. The van der Waals surface area contributed by atoms with E-state index in [4.69, 9.17) is 5.26 Å². The number of nitriles is 1. The minimum Gasteiger partial charge on any atom is -0.290 e. The molecule has 0 bridgehead atoms. The second-order valence-electron chi connectivity index (χ2n) is 3.50. The van der Waals surface area contributed by atoms with Gasteiger partial charge in [-0.15, -0.1) is 11.3 Å². The summed E-state index contributed by atoms with van der Waals surface area (Å²) in [4.78, 5) is 16.4. The average molecular weight is 265 g/mol. The minimum atomic E-state index is 0.00721. The maximum atomic E-state index is 12.0. The fourth-order valence-corrected chi connectivity index (χ4v) is 3.13. The normalized spacial score (nSPS) is 10.6. The fraction of sp³-hybridized carbons (Fsp3) is 0.364. The van der Waals surface area contributed by atoms with Crippen LogP contribution in [0.25, 0.3) is 10.2 Å². The molecule has 17 heavy (non-hydrogen) atoms. The highest BCUT2D eigenvalue weighted by molar-refractivity contribution is 7.99. The van der Waals surface area contributed by atoms with E-state index in [-0.39, 0.29) is 5.56 Å². The van der Waals surface area contributed by atoms with Crippen molar-refractivity contribution in [3.63, 3.8) is 0 Å². The van der Waals surface area contributed by atoms with Crippen molar-refractivity contribution in [1.82, 2.24) is 9.55 Å². The van der Waals surface area contributed by atoms with Gasteiger partial charge in [0, 0.05) is 19.2 Å². The average Bonchev–Trinajstić information content (AvgIpc) is 2.79. The number of thioether (sulfide) groups is 1. The molecule has 6 heteroatoms. The van der Waals surface area contributed by atoms with Crippen LogP contribution in [0, 0.1) is 11.3 Å². The van der Waals surface area contributed by atoms with Crippen molar-refractivity contribution in [2.45, 2.75) is 18.0 Å². The summed E-state index contributed by atoms with van der Waals surface area (Å²) in [5.41, 5.74) is 0.772. The first-order valence-electron chi connectivity index (χ1n) is 5.18. The molecule has 2 heterocycles. The molecule has 0 fully saturated rings. The van der Waals surface area contributed by atoms with Crippen molar-refractivity contribution < 1.29 is 0 Å². The first kappa shape index (κ1) is 12.1. The third-order valence-corrected chi connectivity index (χ3v) is 4.32. The Balaban J connectivity index is 2.25. The maximum absolute atomic E-state index is 12.0. The molecule has 0 aromatic carbocycles. The summed E-state index contributed by atoms with van der Waals surface area (Å²) in [6.07, 6.45) is 1.36. The fourth-order valence-electron chi connectivity index (χ4n) is 1.41. The second-order valence-corrected chi connectivity index (χ2v) is 5.48. The van der Waals surface area contributed by atoms with Gasteiger partial charge >= 0.3 is 0 Å². The molecule has 88 valence electrons. The molecule has 4 nitrogen and oxygen atoms in total. The van der Waals surface area contributed by atoms with Gasteiger partial charge in [-0.05, 0) is 17.9 Å². The highest BCUT2D eigenvalue weighted by atomic mass is 32.2. The third-order valence-electron chi connectivity index (χ3n) is 2.31. The zero-order chi connectivity index (χ0) is 12.3. The topological polar surface area (TPSA) is 58.7 Å². The van der Waals surface area contributed by atoms with Gasteiger partial charge < -0.3 is 0 Å². The maximum Gasteiger partial charge on any atom is 0.271 e. The van der Waals surface area contributed by atoms with Crippen molar-refractivity contribution in [3.05, 3.63) is 21.8 Å². The first-order valence-corrected chi connectivity index (χ1v) is 7.04. The van der Waals surface area contributed by atoms with E-state index in [0.717, 1.165) is 22.8 Å². The SMILES string of the molecule is Cn1c(SCCCC#N)nc2ccsc2c1=O. The standard InChI is InChI=1S/C11H11N3OS2/c1-14-10(15)9-8(4-7-16-9)13-11(14)17-6-3-2-5-12/h4,7H,2-3,6H2,1H3. The van der Waals surface area contributed by atoms with E-state index in [9.17, 15) is 4.79 Å². The van der Waals surface area contributed by atoms with Crippen LogP contribution in [0.1, 0.15) is 12.8 Å².